The Balaban J connectivity index is 1.89. The normalized spacial score (nSPS) is 18.8. The van der Waals surface area contributed by atoms with Crippen LogP contribution >= 0.6 is 0 Å². The van der Waals surface area contributed by atoms with Gasteiger partial charge in [-0.2, -0.15) is 0 Å². The first-order valence-electron chi connectivity index (χ1n) is 6.34. The number of amides is 1. The second-order valence-electron chi connectivity index (χ2n) is 4.64. The standard InChI is InChI=1S/C14H17NO4/c16-13(12-5-2-6-19-9-12)15-8-10-3-1-4-11(7-10)14(17)18/h1,3-4,7,12H,2,5-6,8-9H2,(H,15,16)(H,17,18)/t12-/m1/s1. The number of benzene rings is 1. The number of carboxylic acids is 1. The number of hydrogen-bond donors (Lipinski definition) is 2. The Morgan fingerprint density at radius 3 is 2.95 bits per heavy atom. The van der Waals surface area contributed by atoms with Crippen molar-refractivity contribution in [1.29, 1.82) is 0 Å². The lowest BCUT2D eigenvalue weighted by Gasteiger charge is -2.21. The Morgan fingerprint density at radius 2 is 2.26 bits per heavy atom. The molecule has 1 aliphatic rings. The van der Waals surface area contributed by atoms with E-state index >= 15 is 0 Å². The summed E-state index contributed by atoms with van der Waals surface area (Å²) < 4.78 is 5.27. The first-order chi connectivity index (χ1) is 9.16. The summed E-state index contributed by atoms with van der Waals surface area (Å²) in [5, 5.41) is 11.7. The van der Waals surface area contributed by atoms with Crippen LogP contribution in [0.15, 0.2) is 24.3 Å². The van der Waals surface area contributed by atoms with Gasteiger partial charge in [-0.15, -0.1) is 0 Å². The summed E-state index contributed by atoms with van der Waals surface area (Å²) in [5.41, 5.74) is 1.01. The molecule has 0 spiro atoms. The summed E-state index contributed by atoms with van der Waals surface area (Å²) in [6, 6.07) is 6.57. The zero-order valence-corrected chi connectivity index (χ0v) is 10.6. The SMILES string of the molecule is O=C(O)c1cccc(CNC(=O)[C@@H]2CCCOC2)c1. The highest BCUT2D eigenvalue weighted by molar-refractivity contribution is 5.87. The van der Waals surface area contributed by atoms with Crippen molar-refractivity contribution in [2.75, 3.05) is 13.2 Å². The molecule has 0 saturated carbocycles. The Hall–Kier alpha value is -1.88. The van der Waals surface area contributed by atoms with E-state index in [1.807, 2.05) is 0 Å². The third-order valence-corrected chi connectivity index (χ3v) is 3.17. The van der Waals surface area contributed by atoms with Gasteiger partial charge in [-0.1, -0.05) is 12.1 Å². The molecule has 0 radical (unpaired) electrons. The third kappa shape index (κ3) is 3.79. The molecule has 1 aromatic carbocycles. The summed E-state index contributed by atoms with van der Waals surface area (Å²) in [6.45, 7) is 1.54. The molecule has 5 heteroatoms. The number of aromatic carboxylic acids is 1. The molecule has 1 aromatic rings. The van der Waals surface area contributed by atoms with Crippen LogP contribution in [-0.2, 0) is 16.1 Å². The molecule has 2 rings (SSSR count). The largest absolute Gasteiger partial charge is 0.478 e. The van der Waals surface area contributed by atoms with Gasteiger partial charge in [0.2, 0.25) is 5.91 Å². The Bertz CT molecular complexity index is 466. The fourth-order valence-corrected chi connectivity index (χ4v) is 2.10. The predicted octanol–water partition coefficient (Wildman–Crippen LogP) is 1.43. The topological polar surface area (TPSA) is 75.6 Å². The van der Waals surface area contributed by atoms with Crippen molar-refractivity contribution >= 4 is 11.9 Å². The summed E-state index contributed by atoms with van der Waals surface area (Å²) in [7, 11) is 0. The van der Waals surface area contributed by atoms with Gasteiger partial charge in [-0.3, -0.25) is 4.79 Å². The second kappa shape index (κ2) is 6.33. The number of carbonyl (C=O) groups is 2. The van der Waals surface area contributed by atoms with Crippen molar-refractivity contribution in [2.45, 2.75) is 19.4 Å². The summed E-state index contributed by atoms with van der Waals surface area (Å²) in [6.07, 6.45) is 1.76. The van der Waals surface area contributed by atoms with Crippen molar-refractivity contribution in [1.82, 2.24) is 5.32 Å². The van der Waals surface area contributed by atoms with Crippen LogP contribution in [0.3, 0.4) is 0 Å². The van der Waals surface area contributed by atoms with Crippen LogP contribution in [-0.4, -0.2) is 30.2 Å². The van der Waals surface area contributed by atoms with Crippen LogP contribution in [0.25, 0.3) is 0 Å². The van der Waals surface area contributed by atoms with Gasteiger partial charge in [0.25, 0.3) is 0 Å². The van der Waals surface area contributed by atoms with E-state index in [1.54, 1.807) is 18.2 Å². The zero-order valence-electron chi connectivity index (χ0n) is 10.6. The van der Waals surface area contributed by atoms with Gasteiger partial charge < -0.3 is 15.2 Å². The minimum Gasteiger partial charge on any atom is -0.478 e. The Labute approximate surface area is 111 Å². The van der Waals surface area contributed by atoms with Crippen LogP contribution in [0.4, 0.5) is 0 Å². The van der Waals surface area contributed by atoms with Crippen molar-refractivity contribution in [3.8, 4) is 0 Å². The van der Waals surface area contributed by atoms with Gasteiger partial charge in [0, 0.05) is 13.2 Å². The number of ether oxygens (including phenoxy) is 1. The molecule has 1 atom stereocenters. The van der Waals surface area contributed by atoms with Gasteiger partial charge in [0.15, 0.2) is 0 Å². The van der Waals surface area contributed by atoms with Crippen LogP contribution in [0, 0.1) is 5.92 Å². The van der Waals surface area contributed by atoms with Crippen LogP contribution in [0.2, 0.25) is 0 Å². The fraction of sp³-hybridized carbons (Fsp3) is 0.429. The predicted molar refractivity (Wildman–Crippen MR) is 68.8 cm³/mol. The maximum Gasteiger partial charge on any atom is 0.335 e. The molecule has 1 heterocycles. The molecular formula is C14H17NO4. The van der Waals surface area contributed by atoms with E-state index in [9.17, 15) is 9.59 Å². The first-order valence-corrected chi connectivity index (χ1v) is 6.34. The Kier molecular flexibility index (Phi) is 4.52. The van der Waals surface area contributed by atoms with Crippen molar-refractivity contribution in [3.05, 3.63) is 35.4 Å². The summed E-state index contributed by atoms with van der Waals surface area (Å²) >= 11 is 0. The van der Waals surface area contributed by atoms with Crippen molar-refractivity contribution in [3.63, 3.8) is 0 Å². The highest BCUT2D eigenvalue weighted by atomic mass is 16.5. The Morgan fingerprint density at radius 1 is 1.42 bits per heavy atom. The highest BCUT2D eigenvalue weighted by Gasteiger charge is 2.21. The van der Waals surface area contributed by atoms with E-state index < -0.39 is 5.97 Å². The number of carbonyl (C=O) groups excluding carboxylic acids is 1. The minimum atomic E-state index is -0.964. The average molecular weight is 263 g/mol. The monoisotopic (exact) mass is 263 g/mol. The van der Waals surface area contributed by atoms with Gasteiger partial charge in [0.1, 0.15) is 0 Å². The van der Waals surface area contributed by atoms with Crippen LogP contribution in [0.1, 0.15) is 28.8 Å². The molecule has 102 valence electrons. The second-order valence-corrected chi connectivity index (χ2v) is 4.64. The molecule has 1 saturated heterocycles. The van der Waals surface area contributed by atoms with E-state index in [0.717, 1.165) is 25.0 Å². The maximum atomic E-state index is 11.9. The van der Waals surface area contributed by atoms with E-state index in [1.165, 1.54) is 6.07 Å². The molecule has 0 bridgehead atoms. The molecule has 0 aliphatic carbocycles. The van der Waals surface area contributed by atoms with Gasteiger partial charge in [-0.25, -0.2) is 4.79 Å². The number of hydrogen-bond acceptors (Lipinski definition) is 3. The quantitative estimate of drug-likeness (QED) is 0.861. The molecule has 1 aliphatic heterocycles. The highest BCUT2D eigenvalue weighted by Crippen LogP contribution is 2.14. The number of rotatable bonds is 4. The van der Waals surface area contributed by atoms with Crippen LogP contribution in [0.5, 0.6) is 0 Å². The zero-order chi connectivity index (χ0) is 13.7. The third-order valence-electron chi connectivity index (χ3n) is 3.17. The molecular weight excluding hydrogens is 246 g/mol. The molecule has 1 amide bonds. The lowest BCUT2D eigenvalue weighted by molar-refractivity contribution is -0.129. The smallest absolute Gasteiger partial charge is 0.335 e. The molecule has 5 nitrogen and oxygen atoms in total. The number of carboxylic acid groups (broad SMARTS) is 1. The summed E-state index contributed by atoms with van der Waals surface area (Å²) in [4.78, 5) is 22.7. The van der Waals surface area contributed by atoms with Crippen molar-refractivity contribution < 1.29 is 19.4 Å². The van der Waals surface area contributed by atoms with Gasteiger partial charge >= 0.3 is 5.97 Å². The van der Waals surface area contributed by atoms with E-state index in [4.69, 9.17) is 9.84 Å². The fourth-order valence-electron chi connectivity index (χ4n) is 2.10. The molecule has 0 aromatic heterocycles. The molecule has 19 heavy (non-hydrogen) atoms. The average Bonchev–Trinajstić information content (AvgIpc) is 2.46. The van der Waals surface area contributed by atoms with Crippen molar-refractivity contribution in [2.24, 2.45) is 5.92 Å². The molecule has 2 N–H and O–H groups in total. The van der Waals surface area contributed by atoms with E-state index in [2.05, 4.69) is 5.32 Å². The van der Waals surface area contributed by atoms with Gasteiger partial charge in [0.05, 0.1) is 18.1 Å². The number of nitrogens with one attached hydrogen (secondary N) is 1. The van der Waals surface area contributed by atoms with E-state index in [0.29, 0.717) is 13.2 Å². The molecule has 0 unspecified atom stereocenters. The molecule has 1 fully saturated rings. The van der Waals surface area contributed by atoms with Gasteiger partial charge in [-0.05, 0) is 30.5 Å². The minimum absolute atomic E-state index is 0.0274. The summed E-state index contributed by atoms with van der Waals surface area (Å²) in [5.74, 6) is -1.08. The maximum absolute atomic E-state index is 11.9. The van der Waals surface area contributed by atoms with E-state index in [-0.39, 0.29) is 17.4 Å². The van der Waals surface area contributed by atoms with Crippen LogP contribution < -0.4 is 5.32 Å². The lowest BCUT2D eigenvalue weighted by atomic mass is 10.0. The lowest BCUT2D eigenvalue weighted by Crippen LogP contribution is -2.35. The first kappa shape index (κ1) is 13.5.